The molecule has 112 valence electrons. The van der Waals surface area contributed by atoms with Crippen LogP contribution in [0.3, 0.4) is 0 Å². The summed E-state index contributed by atoms with van der Waals surface area (Å²) in [4.78, 5) is 15.3. The van der Waals surface area contributed by atoms with Crippen molar-refractivity contribution in [3.05, 3.63) is 17.4 Å². The lowest BCUT2D eigenvalue weighted by Crippen LogP contribution is -2.37. The van der Waals surface area contributed by atoms with Gasteiger partial charge in [-0.25, -0.2) is 4.68 Å². The second-order valence-corrected chi connectivity index (χ2v) is 4.93. The van der Waals surface area contributed by atoms with E-state index < -0.39 is 0 Å². The fourth-order valence-corrected chi connectivity index (χ4v) is 2.14. The molecule has 8 nitrogen and oxygen atoms in total. The molecule has 3 heterocycles. The minimum atomic E-state index is 0.439. The molecule has 21 heavy (non-hydrogen) atoms. The molecule has 0 saturated carbocycles. The quantitative estimate of drug-likeness (QED) is 0.901. The molecule has 0 unspecified atom stereocenters. The number of morpholine rings is 1. The average Bonchev–Trinajstić information content (AvgIpc) is 2.95. The van der Waals surface area contributed by atoms with E-state index in [-0.39, 0.29) is 0 Å². The van der Waals surface area contributed by atoms with Crippen molar-refractivity contribution in [1.82, 2.24) is 24.7 Å². The van der Waals surface area contributed by atoms with E-state index in [0.29, 0.717) is 36.1 Å². The van der Waals surface area contributed by atoms with Gasteiger partial charge >= 0.3 is 0 Å². The Labute approximate surface area is 127 Å². The van der Waals surface area contributed by atoms with E-state index in [9.17, 15) is 0 Å². The lowest BCUT2D eigenvalue weighted by atomic mass is 10.4. The smallest absolute Gasteiger partial charge is 0.257 e. The predicted octanol–water partition coefficient (Wildman–Crippen LogP) is 0.979. The Morgan fingerprint density at radius 1 is 1.24 bits per heavy atom. The van der Waals surface area contributed by atoms with Crippen molar-refractivity contribution >= 4 is 23.5 Å². The van der Waals surface area contributed by atoms with Gasteiger partial charge in [0.2, 0.25) is 11.9 Å². The first-order valence-electron chi connectivity index (χ1n) is 6.79. The number of nitrogens with one attached hydrogen (secondary N) is 1. The van der Waals surface area contributed by atoms with E-state index in [0.717, 1.165) is 19.6 Å². The fourth-order valence-electron chi connectivity index (χ4n) is 2.01. The summed E-state index contributed by atoms with van der Waals surface area (Å²) in [5.74, 6) is 1.58. The molecular weight excluding hydrogens is 294 g/mol. The molecule has 1 N–H and O–H groups in total. The van der Waals surface area contributed by atoms with Gasteiger partial charge in [0, 0.05) is 19.6 Å². The van der Waals surface area contributed by atoms with Crippen LogP contribution in [0.4, 0.5) is 11.9 Å². The number of rotatable bonds is 4. The number of ether oxygens (including phenoxy) is 1. The number of anilines is 2. The second-order valence-electron chi connectivity index (χ2n) is 4.49. The highest BCUT2D eigenvalue weighted by Gasteiger charge is 2.17. The third-order valence-corrected chi connectivity index (χ3v) is 3.19. The molecular formula is C12H16ClN7O. The lowest BCUT2D eigenvalue weighted by molar-refractivity contribution is 0.122. The summed E-state index contributed by atoms with van der Waals surface area (Å²) in [6, 6.07) is 0. The van der Waals surface area contributed by atoms with Gasteiger partial charge < -0.3 is 15.0 Å². The van der Waals surface area contributed by atoms with Crippen LogP contribution in [0.1, 0.15) is 6.92 Å². The van der Waals surface area contributed by atoms with E-state index in [1.54, 1.807) is 12.4 Å². The van der Waals surface area contributed by atoms with Crippen LogP contribution in [0.5, 0.6) is 0 Å². The van der Waals surface area contributed by atoms with Gasteiger partial charge in [-0.2, -0.15) is 20.1 Å². The third kappa shape index (κ3) is 3.22. The largest absolute Gasteiger partial charge is 0.378 e. The Kier molecular flexibility index (Phi) is 4.16. The monoisotopic (exact) mass is 309 g/mol. The highest BCUT2D eigenvalue weighted by atomic mass is 35.5. The number of nitrogens with zero attached hydrogens (tertiary/aromatic N) is 6. The number of hydrogen-bond donors (Lipinski definition) is 1. The topological polar surface area (TPSA) is 81.0 Å². The molecule has 0 bridgehead atoms. The number of hydrogen-bond acceptors (Lipinski definition) is 7. The summed E-state index contributed by atoms with van der Waals surface area (Å²) in [6.45, 7) is 5.58. The van der Waals surface area contributed by atoms with Gasteiger partial charge in [0.15, 0.2) is 0 Å². The highest BCUT2D eigenvalue weighted by Crippen LogP contribution is 2.15. The summed E-state index contributed by atoms with van der Waals surface area (Å²) >= 11 is 5.90. The van der Waals surface area contributed by atoms with Crippen molar-refractivity contribution in [3.63, 3.8) is 0 Å². The average molecular weight is 310 g/mol. The minimum absolute atomic E-state index is 0.439. The van der Waals surface area contributed by atoms with Crippen molar-refractivity contribution in [2.75, 3.05) is 43.1 Å². The van der Waals surface area contributed by atoms with Crippen molar-refractivity contribution in [2.45, 2.75) is 6.92 Å². The van der Waals surface area contributed by atoms with E-state index in [2.05, 4.69) is 30.3 Å². The SMILES string of the molecule is CCNc1nc(N2CCOCC2)nc(-n2cc(Cl)cn2)n1. The second kappa shape index (κ2) is 6.23. The molecule has 0 aromatic carbocycles. The van der Waals surface area contributed by atoms with Crippen LogP contribution in [-0.4, -0.2) is 57.6 Å². The van der Waals surface area contributed by atoms with E-state index in [4.69, 9.17) is 16.3 Å². The molecule has 1 aliphatic heterocycles. The highest BCUT2D eigenvalue weighted by molar-refractivity contribution is 6.30. The summed E-state index contributed by atoms with van der Waals surface area (Å²) in [5, 5.41) is 7.78. The Bertz CT molecular complexity index is 611. The molecule has 2 aromatic rings. The summed E-state index contributed by atoms with van der Waals surface area (Å²) in [6.07, 6.45) is 3.21. The van der Waals surface area contributed by atoms with Gasteiger partial charge in [0.1, 0.15) is 0 Å². The molecule has 9 heteroatoms. The van der Waals surface area contributed by atoms with Gasteiger partial charge in [-0.1, -0.05) is 11.6 Å². The number of halogens is 1. The molecule has 0 radical (unpaired) electrons. The van der Waals surface area contributed by atoms with Gasteiger partial charge in [-0.05, 0) is 6.92 Å². The van der Waals surface area contributed by atoms with Crippen LogP contribution in [0, 0.1) is 0 Å². The van der Waals surface area contributed by atoms with Crippen molar-refractivity contribution in [1.29, 1.82) is 0 Å². The standard InChI is InChI=1S/C12H16ClN7O/c1-2-14-10-16-11(19-3-5-21-6-4-19)18-12(17-10)20-8-9(13)7-15-20/h7-8H,2-6H2,1H3,(H,14,16,17,18). The predicted molar refractivity (Wildman–Crippen MR) is 79.2 cm³/mol. The minimum Gasteiger partial charge on any atom is -0.378 e. The van der Waals surface area contributed by atoms with E-state index in [1.165, 1.54) is 4.68 Å². The molecule has 0 aliphatic carbocycles. The Balaban J connectivity index is 1.96. The zero-order chi connectivity index (χ0) is 14.7. The van der Waals surface area contributed by atoms with Crippen LogP contribution in [0.25, 0.3) is 5.95 Å². The molecule has 2 aromatic heterocycles. The van der Waals surface area contributed by atoms with Crippen LogP contribution in [-0.2, 0) is 4.74 Å². The number of aromatic nitrogens is 5. The molecule has 1 aliphatic rings. The normalized spacial score (nSPS) is 15.2. The summed E-state index contributed by atoms with van der Waals surface area (Å²) < 4.78 is 6.89. The summed E-state index contributed by atoms with van der Waals surface area (Å²) in [7, 11) is 0. The Hall–Kier alpha value is -1.93. The van der Waals surface area contributed by atoms with E-state index in [1.807, 2.05) is 6.92 Å². The first-order valence-corrected chi connectivity index (χ1v) is 7.17. The maximum atomic E-state index is 5.90. The van der Waals surface area contributed by atoms with Crippen molar-refractivity contribution in [3.8, 4) is 5.95 Å². The van der Waals surface area contributed by atoms with Gasteiger partial charge in [-0.15, -0.1) is 0 Å². The maximum absolute atomic E-state index is 5.90. The Morgan fingerprint density at radius 3 is 2.67 bits per heavy atom. The van der Waals surface area contributed by atoms with Crippen LogP contribution < -0.4 is 10.2 Å². The molecule has 1 saturated heterocycles. The molecule has 3 rings (SSSR count). The zero-order valence-electron chi connectivity index (χ0n) is 11.7. The van der Waals surface area contributed by atoms with Crippen LogP contribution >= 0.6 is 11.6 Å². The molecule has 0 spiro atoms. The molecule has 0 amide bonds. The van der Waals surface area contributed by atoms with Gasteiger partial charge in [0.05, 0.1) is 30.6 Å². The summed E-state index contributed by atoms with van der Waals surface area (Å²) in [5.41, 5.74) is 0. The molecule has 0 atom stereocenters. The van der Waals surface area contributed by atoms with Gasteiger partial charge in [-0.3, -0.25) is 0 Å². The maximum Gasteiger partial charge on any atom is 0.257 e. The first-order chi connectivity index (χ1) is 10.3. The molecule has 1 fully saturated rings. The Morgan fingerprint density at radius 2 is 2.00 bits per heavy atom. The third-order valence-electron chi connectivity index (χ3n) is 3.00. The zero-order valence-corrected chi connectivity index (χ0v) is 12.4. The lowest BCUT2D eigenvalue weighted by Gasteiger charge is -2.27. The van der Waals surface area contributed by atoms with Crippen molar-refractivity contribution < 1.29 is 4.74 Å². The first kappa shape index (κ1) is 14.0. The fraction of sp³-hybridized carbons (Fsp3) is 0.500. The van der Waals surface area contributed by atoms with E-state index >= 15 is 0 Å². The van der Waals surface area contributed by atoms with Gasteiger partial charge in [0.25, 0.3) is 5.95 Å². The van der Waals surface area contributed by atoms with Crippen molar-refractivity contribution in [2.24, 2.45) is 0 Å². The van der Waals surface area contributed by atoms with Crippen LogP contribution in [0.15, 0.2) is 12.4 Å². The van der Waals surface area contributed by atoms with Crippen LogP contribution in [0.2, 0.25) is 5.02 Å².